The molecule has 0 aliphatic carbocycles. The number of methoxy groups -OCH3 is 1. The van der Waals surface area contributed by atoms with Gasteiger partial charge in [-0.2, -0.15) is 0 Å². The molecule has 0 spiro atoms. The number of sulfonamides is 1. The summed E-state index contributed by atoms with van der Waals surface area (Å²) in [5.74, 6) is -0.389. The number of carbonyl (C=O) groups excluding carboxylic acids is 2. The molecule has 2 amide bonds. The largest absolute Gasteiger partial charge is 0.497 e. The van der Waals surface area contributed by atoms with Gasteiger partial charge in [0.1, 0.15) is 23.4 Å². The zero-order chi connectivity index (χ0) is 31.7. The highest BCUT2D eigenvalue weighted by molar-refractivity contribution is 7.92. The number of anilines is 1. The molecule has 0 heterocycles. The Morgan fingerprint density at radius 2 is 1.45 bits per heavy atom. The molecule has 0 saturated heterocycles. The van der Waals surface area contributed by atoms with Crippen LogP contribution in [0.5, 0.6) is 11.5 Å². The monoisotopic (exact) mass is 639 g/mol. The van der Waals surface area contributed by atoms with E-state index < -0.39 is 34.4 Å². The van der Waals surface area contributed by atoms with E-state index in [1.54, 1.807) is 62.6 Å². The average molecular weight is 640 g/mol. The van der Waals surface area contributed by atoms with Crippen LogP contribution in [0.1, 0.15) is 18.1 Å². The lowest BCUT2D eigenvalue weighted by Crippen LogP contribution is -2.48. The van der Waals surface area contributed by atoms with Gasteiger partial charge in [0.2, 0.25) is 5.91 Å². The predicted octanol–water partition coefficient (Wildman–Crippen LogP) is 5.40. The van der Waals surface area contributed by atoms with Crippen LogP contribution in [0, 0.1) is 5.82 Å². The van der Waals surface area contributed by atoms with Crippen molar-refractivity contribution >= 4 is 39.1 Å². The first-order valence-corrected chi connectivity index (χ1v) is 15.4. The molecule has 0 aliphatic heterocycles. The number of halogens is 2. The molecule has 4 aromatic carbocycles. The Morgan fingerprint density at radius 1 is 0.864 bits per heavy atom. The van der Waals surface area contributed by atoms with Gasteiger partial charge in [0.05, 0.1) is 12.0 Å². The Labute approximate surface area is 260 Å². The zero-order valence-electron chi connectivity index (χ0n) is 24.0. The maximum Gasteiger partial charge on any atom is 0.261 e. The summed E-state index contributed by atoms with van der Waals surface area (Å²) < 4.78 is 51.8. The van der Waals surface area contributed by atoms with E-state index in [0.717, 1.165) is 23.3 Å². The number of rotatable bonds is 13. The zero-order valence-corrected chi connectivity index (χ0v) is 25.6. The minimum Gasteiger partial charge on any atom is -0.497 e. The van der Waals surface area contributed by atoms with E-state index in [1.807, 2.05) is 0 Å². The second kappa shape index (κ2) is 14.7. The smallest absolute Gasteiger partial charge is 0.261 e. The number of carbonyl (C=O) groups is 2. The van der Waals surface area contributed by atoms with Crippen molar-refractivity contribution in [3.8, 4) is 11.5 Å². The molecular formula is C32H31ClFN3O6S. The number of amides is 2. The molecule has 1 atom stereocenters. The number of ether oxygens (including phenoxy) is 2. The van der Waals surface area contributed by atoms with Gasteiger partial charge in [-0.15, -0.1) is 0 Å². The Hall–Kier alpha value is -4.61. The summed E-state index contributed by atoms with van der Waals surface area (Å²) in [6.07, 6.45) is 0. The molecule has 0 bridgehead atoms. The molecule has 0 aliphatic rings. The summed E-state index contributed by atoms with van der Waals surface area (Å²) in [7, 11) is -2.38. The number of nitrogens with zero attached hydrogens (tertiary/aromatic N) is 1. The quantitative estimate of drug-likeness (QED) is 0.203. The van der Waals surface area contributed by atoms with Crippen LogP contribution in [-0.4, -0.2) is 44.9 Å². The second-order valence-corrected chi connectivity index (χ2v) is 11.9. The summed E-state index contributed by atoms with van der Waals surface area (Å²) in [6, 6.07) is 23.8. The number of hydrogen-bond acceptors (Lipinski definition) is 6. The normalized spacial score (nSPS) is 11.7. The van der Waals surface area contributed by atoms with Crippen molar-refractivity contribution in [2.75, 3.05) is 18.4 Å². The van der Waals surface area contributed by atoms with Gasteiger partial charge >= 0.3 is 0 Å². The molecule has 12 heteroatoms. The van der Waals surface area contributed by atoms with Crippen molar-refractivity contribution in [1.82, 2.24) is 10.2 Å². The summed E-state index contributed by atoms with van der Waals surface area (Å²) in [5.41, 5.74) is 1.84. The summed E-state index contributed by atoms with van der Waals surface area (Å²) >= 11 is 5.94. The molecule has 0 aromatic heterocycles. The SMILES string of the molecule is COc1ccc(CN(C(=O)COc2ccc(S(=O)(=O)Nc3ccc(F)cc3)cc2)[C@H](C)C(=O)NCc2ccc(Cl)cc2)cc1. The molecule has 44 heavy (non-hydrogen) atoms. The molecule has 9 nitrogen and oxygen atoms in total. The minimum absolute atomic E-state index is 0.0485. The molecule has 4 aromatic rings. The first-order valence-electron chi connectivity index (χ1n) is 13.5. The van der Waals surface area contributed by atoms with E-state index in [4.69, 9.17) is 21.1 Å². The van der Waals surface area contributed by atoms with Crippen molar-refractivity contribution in [2.45, 2.75) is 31.0 Å². The lowest BCUT2D eigenvalue weighted by atomic mass is 10.1. The van der Waals surface area contributed by atoms with Crippen LogP contribution in [-0.2, 0) is 32.7 Å². The van der Waals surface area contributed by atoms with Crippen LogP contribution in [0.25, 0.3) is 0 Å². The second-order valence-electron chi connectivity index (χ2n) is 9.76. The predicted molar refractivity (Wildman–Crippen MR) is 165 cm³/mol. The van der Waals surface area contributed by atoms with Gasteiger partial charge in [-0.25, -0.2) is 12.8 Å². The minimum atomic E-state index is -3.94. The van der Waals surface area contributed by atoms with Crippen molar-refractivity contribution in [1.29, 1.82) is 0 Å². The van der Waals surface area contributed by atoms with E-state index in [9.17, 15) is 22.4 Å². The highest BCUT2D eigenvalue weighted by Gasteiger charge is 2.26. The molecule has 230 valence electrons. The maximum absolute atomic E-state index is 13.4. The van der Waals surface area contributed by atoms with Gasteiger partial charge in [-0.3, -0.25) is 14.3 Å². The van der Waals surface area contributed by atoms with Gasteiger partial charge < -0.3 is 19.7 Å². The Bertz CT molecular complexity index is 1670. The number of benzene rings is 4. The van der Waals surface area contributed by atoms with Crippen LogP contribution in [0.15, 0.2) is 102 Å². The van der Waals surface area contributed by atoms with Crippen LogP contribution < -0.4 is 19.5 Å². The first kappa shape index (κ1) is 32.3. The summed E-state index contributed by atoms with van der Waals surface area (Å²) in [4.78, 5) is 27.9. The molecule has 2 N–H and O–H groups in total. The standard InChI is InChI=1S/C32H31ClFN3O6S/c1-22(32(39)35-19-23-3-7-25(33)8-4-23)37(20-24-5-13-28(42-2)14-6-24)31(38)21-43-29-15-17-30(18-16-29)44(40,41)36-27-11-9-26(34)10-12-27/h3-18,22,36H,19-21H2,1-2H3,(H,35,39)/t22-/m1/s1. The van der Waals surface area contributed by atoms with E-state index >= 15 is 0 Å². The Balaban J connectivity index is 1.42. The van der Waals surface area contributed by atoms with Crippen LogP contribution in [0.4, 0.5) is 10.1 Å². The van der Waals surface area contributed by atoms with Gasteiger partial charge in [0.25, 0.3) is 15.9 Å². The van der Waals surface area contributed by atoms with Crippen molar-refractivity contribution in [3.63, 3.8) is 0 Å². The first-order chi connectivity index (χ1) is 21.0. The Kier molecular flexibility index (Phi) is 10.8. The van der Waals surface area contributed by atoms with Gasteiger partial charge in [0, 0.05) is 23.8 Å². The number of hydrogen-bond donors (Lipinski definition) is 2. The summed E-state index contributed by atoms with van der Waals surface area (Å²) in [5, 5.41) is 3.44. The number of nitrogens with one attached hydrogen (secondary N) is 2. The Morgan fingerprint density at radius 3 is 2.07 bits per heavy atom. The molecule has 0 radical (unpaired) electrons. The van der Waals surface area contributed by atoms with Gasteiger partial charge in [-0.05, 0) is 90.8 Å². The molecule has 0 saturated carbocycles. The fraction of sp³-hybridized carbons (Fsp3) is 0.188. The third-order valence-corrected chi connectivity index (χ3v) is 8.30. The van der Waals surface area contributed by atoms with Gasteiger partial charge in [-0.1, -0.05) is 35.9 Å². The van der Waals surface area contributed by atoms with E-state index in [-0.39, 0.29) is 35.3 Å². The van der Waals surface area contributed by atoms with Crippen LogP contribution >= 0.6 is 11.6 Å². The molecule has 0 unspecified atom stereocenters. The fourth-order valence-corrected chi connectivity index (χ4v) is 5.31. The average Bonchev–Trinajstić information content (AvgIpc) is 3.03. The molecular weight excluding hydrogens is 609 g/mol. The van der Waals surface area contributed by atoms with Crippen LogP contribution in [0.2, 0.25) is 5.02 Å². The molecule has 0 fully saturated rings. The highest BCUT2D eigenvalue weighted by Crippen LogP contribution is 2.21. The highest BCUT2D eigenvalue weighted by atomic mass is 35.5. The van der Waals surface area contributed by atoms with E-state index in [1.165, 1.54) is 41.3 Å². The molecule has 4 rings (SSSR count). The van der Waals surface area contributed by atoms with Crippen LogP contribution in [0.3, 0.4) is 0 Å². The van der Waals surface area contributed by atoms with E-state index in [2.05, 4.69) is 10.0 Å². The lowest BCUT2D eigenvalue weighted by Gasteiger charge is -2.29. The van der Waals surface area contributed by atoms with Gasteiger partial charge in [0.15, 0.2) is 6.61 Å². The van der Waals surface area contributed by atoms with E-state index in [0.29, 0.717) is 10.8 Å². The maximum atomic E-state index is 13.4. The van der Waals surface area contributed by atoms with Crippen molar-refractivity contribution in [2.24, 2.45) is 0 Å². The fourth-order valence-electron chi connectivity index (χ4n) is 4.12. The summed E-state index contributed by atoms with van der Waals surface area (Å²) in [6.45, 7) is 1.62. The third kappa shape index (κ3) is 8.95. The van der Waals surface area contributed by atoms with Crippen molar-refractivity contribution < 1.29 is 31.9 Å². The third-order valence-electron chi connectivity index (χ3n) is 6.65. The lowest BCUT2D eigenvalue weighted by molar-refractivity contribution is -0.142. The topological polar surface area (TPSA) is 114 Å². The van der Waals surface area contributed by atoms with Crippen molar-refractivity contribution in [3.05, 3.63) is 119 Å².